The largest absolute Gasteiger partial charge is 0.497 e. The molecule has 0 spiro atoms. The Morgan fingerprint density at radius 3 is 2.74 bits per heavy atom. The first kappa shape index (κ1) is 13.8. The molecule has 0 saturated carbocycles. The molecule has 0 radical (unpaired) electrons. The normalized spacial score (nSPS) is 13.2. The van der Waals surface area contributed by atoms with Gasteiger partial charge in [0.05, 0.1) is 13.7 Å². The molecule has 5 heteroatoms. The zero-order valence-corrected chi connectivity index (χ0v) is 12.9. The maximum Gasteiger partial charge on any atom is 0.247 e. The summed E-state index contributed by atoms with van der Waals surface area (Å²) in [4.78, 5) is 2.28. The van der Waals surface area contributed by atoms with Gasteiger partial charge in [-0.25, -0.2) is 0 Å². The van der Waals surface area contributed by atoms with E-state index in [9.17, 15) is 0 Å². The molecule has 0 aliphatic carbocycles. The quantitative estimate of drug-likeness (QED) is 0.740. The van der Waals surface area contributed by atoms with Crippen LogP contribution in [0.4, 0.5) is 5.69 Å². The molecule has 1 aromatic heterocycles. The van der Waals surface area contributed by atoms with Crippen LogP contribution in [0.3, 0.4) is 0 Å². The summed E-state index contributed by atoms with van der Waals surface area (Å²) in [6, 6.07) is 16.1. The lowest BCUT2D eigenvalue weighted by atomic mass is 10.2. The van der Waals surface area contributed by atoms with Crippen LogP contribution >= 0.6 is 0 Å². The molecule has 0 amide bonds. The molecule has 0 atom stereocenters. The molecule has 3 aromatic rings. The molecule has 4 rings (SSSR count). The zero-order valence-electron chi connectivity index (χ0n) is 12.9. The van der Waals surface area contributed by atoms with Gasteiger partial charge in [-0.15, -0.1) is 10.2 Å². The van der Waals surface area contributed by atoms with E-state index in [1.165, 1.54) is 11.3 Å². The first-order valence-corrected chi connectivity index (χ1v) is 7.63. The van der Waals surface area contributed by atoms with Gasteiger partial charge in [0.25, 0.3) is 0 Å². The summed E-state index contributed by atoms with van der Waals surface area (Å²) >= 11 is 0. The van der Waals surface area contributed by atoms with Crippen molar-refractivity contribution in [3.63, 3.8) is 0 Å². The number of methoxy groups -OCH3 is 1. The Labute approximate surface area is 134 Å². The van der Waals surface area contributed by atoms with Gasteiger partial charge >= 0.3 is 0 Å². The Morgan fingerprint density at radius 1 is 1.09 bits per heavy atom. The van der Waals surface area contributed by atoms with Gasteiger partial charge in [-0.2, -0.15) is 0 Å². The average Bonchev–Trinajstić information content (AvgIpc) is 3.23. The number of rotatable bonds is 4. The molecule has 2 aromatic carbocycles. The van der Waals surface area contributed by atoms with E-state index in [1.54, 1.807) is 7.11 Å². The van der Waals surface area contributed by atoms with Crippen molar-refractivity contribution in [1.82, 2.24) is 10.2 Å². The van der Waals surface area contributed by atoms with Crippen molar-refractivity contribution >= 4 is 5.69 Å². The van der Waals surface area contributed by atoms with Crippen LogP contribution in [-0.2, 0) is 13.0 Å². The molecule has 23 heavy (non-hydrogen) atoms. The molecule has 0 N–H and O–H groups in total. The van der Waals surface area contributed by atoms with Gasteiger partial charge in [0.1, 0.15) is 5.75 Å². The number of ether oxygens (including phenoxy) is 1. The molecule has 0 unspecified atom stereocenters. The van der Waals surface area contributed by atoms with Crippen molar-refractivity contribution in [2.24, 2.45) is 0 Å². The van der Waals surface area contributed by atoms with E-state index >= 15 is 0 Å². The molecular formula is C18H17N3O2. The van der Waals surface area contributed by atoms with Gasteiger partial charge in [-0.1, -0.05) is 18.2 Å². The second kappa shape index (κ2) is 5.76. The minimum absolute atomic E-state index is 0.537. The third-order valence-electron chi connectivity index (χ3n) is 4.11. The fourth-order valence-electron chi connectivity index (χ4n) is 2.90. The van der Waals surface area contributed by atoms with Gasteiger partial charge in [0.2, 0.25) is 11.8 Å². The van der Waals surface area contributed by atoms with Crippen molar-refractivity contribution < 1.29 is 9.15 Å². The number of anilines is 1. The van der Waals surface area contributed by atoms with Crippen molar-refractivity contribution in [1.29, 1.82) is 0 Å². The topological polar surface area (TPSA) is 51.4 Å². The zero-order chi connectivity index (χ0) is 15.6. The van der Waals surface area contributed by atoms with Crippen LogP contribution in [0, 0.1) is 0 Å². The van der Waals surface area contributed by atoms with E-state index in [0.717, 1.165) is 24.3 Å². The van der Waals surface area contributed by atoms with Crippen molar-refractivity contribution in [3.05, 3.63) is 60.0 Å². The van der Waals surface area contributed by atoms with Crippen LogP contribution in [0.2, 0.25) is 0 Å². The van der Waals surface area contributed by atoms with Gasteiger partial charge in [0.15, 0.2) is 0 Å². The summed E-state index contributed by atoms with van der Waals surface area (Å²) in [6.45, 7) is 1.62. The highest BCUT2D eigenvalue weighted by Crippen LogP contribution is 2.29. The Balaban J connectivity index is 1.52. The number of nitrogens with zero attached hydrogens (tertiary/aromatic N) is 3. The number of aromatic nitrogens is 2. The first-order valence-electron chi connectivity index (χ1n) is 7.63. The summed E-state index contributed by atoms with van der Waals surface area (Å²) in [7, 11) is 1.65. The maximum atomic E-state index is 5.82. The van der Waals surface area contributed by atoms with Crippen LogP contribution in [-0.4, -0.2) is 23.9 Å². The Morgan fingerprint density at radius 2 is 1.91 bits per heavy atom. The first-order chi connectivity index (χ1) is 11.3. The fourth-order valence-corrected chi connectivity index (χ4v) is 2.90. The SMILES string of the molecule is COc1ccc(-c2nnc(CN3CCc4ccccc43)o2)cc1. The lowest BCUT2D eigenvalue weighted by Crippen LogP contribution is -2.19. The third-order valence-corrected chi connectivity index (χ3v) is 4.11. The minimum Gasteiger partial charge on any atom is -0.497 e. The summed E-state index contributed by atoms with van der Waals surface area (Å²) in [6.07, 6.45) is 1.07. The van der Waals surface area contributed by atoms with E-state index in [2.05, 4.69) is 39.4 Å². The van der Waals surface area contributed by atoms with Crippen molar-refractivity contribution in [3.8, 4) is 17.2 Å². The number of hydrogen-bond acceptors (Lipinski definition) is 5. The molecule has 5 nitrogen and oxygen atoms in total. The monoisotopic (exact) mass is 307 g/mol. The molecule has 0 bridgehead atoms. The smallest absolute Gasteiger partial charge is 0.247 e. The van der Waals surface area contributed by atoms with E-state index in [0.29, 0.717) is 18.3 Å². The molecule has 1 aliphatic rings. The lowest BCUT2D eigenvalue weighted by Gasteiger charge is -2.16. The predicted molar refractivity (Wildman–Crippen MR) is 87.5 cm³/mol. The van der Waals surface area contributed by atoms with E-state index < -0.39 is 0 Å². The van der Waals surface area contributed by atoms with E-state index in [1.807, 2.05) is 24.3 Å². The highest BCUT2D eigenvalue weighted by molar-refractivity contribution is 5.58. The van der Waals surface area contributed by atoms with Crippen LogP contribution in [0.25, 0.3) is 11.5 Å². The molecule has 2 heterocycles. The fraction of sp³-hybridized carbons (Fsp3) is 0.222. The summed E-state index contributed by atoms with van der Waals surface area (Å²) in [5.41, 5.74) is 3.53. The van der Waals surface area contributed by atoms with E-state index in [4.69, 9.17) is 9.15 Å². The minimum atomic E-state index is 0.537. The Kier molecular flexibility index (Phi) is 3.46. The summed E-state index contributed by atoms with van der Waals surface area (Å²) in [5, 5.41) is 8.34. The Hall–Kier alpha value is -2.82. The number of para-hydroxylation sites is 1. The van der Waals surface area contributed by atoms with Gasteiger partial charge in [0, 0.05) is 17.8 Å². The molecule has 116 valence electrons. The number of hydrogen-bond donors (Lipinski definition) is 0. The molecule has 0 fully saturated rings. The van der Waals surface area contributed by atoms with Crippen LogP contribution in [0.15, 0.2) is 52.9 Å². The van der Waals surface area contributed by atoms with Gasteiger partial charge in [-0.3, -0.25) is 0 Å². The maximum absolute atomic E-state index is 5.82. The summed E-state index contributed by atoms with van der Waals surface area (Å²) < 4.78 is 11.0. The highest BCUT2D eigenvalue weighted by Gasteiger charge is 2.20. The van der Waals surface area contributed by atoms with Gasteiger partial charge in [-0.05, 0) is 42.3 Å². The Bertz CT molecular complexity index is 811. The van der Waals surface area contributed by atoms with Crippen molar-refractivity contribution in [2.45, 2.75) is 13.0 Å². The molecule has 1 aliphatic heterocycles. The van der Waals surface area contributed by atoms with E-state index in [-0.39, 0.29) is 0 Å². The number of fused-ring (bicyclic) bond motifs is 1. The number of benzene rings is 2. The predicted octanol–water partition coefficient (Wildman–Crippen LogP) is 3.31. The van der Waals surface area contributed by atoms with Crippen LogP contribution < -0.4 is 9.64 Å². The van der Waals surface area contributed by atoms with Gasteiger partial charge < -0.3 is 14.1 Å². The second-order valence-electron chi connectivity index (χ2n) is 5.53. The van der Waals surface area contributed by atoms with Crippen LogP contribution in [0.1, 0.15) is 11.5 Å². The van der Waals surface area contributed by atoms with Crippen LogP contribution in [0.5, 0.6) is 5.75 Å². The standard InChI is InChI=1S/C18H17N3O2/c1-22-15-8-6-14(7-9-15)18-20-19-17(23-18)12-21-11-10-13-4-2-3-5-16(13)21/h2-9H,10-12H2,1H3. The van der Waals surface area contributed by atoms with Crippen molar-refractivity contribution in [2.75, 3.05) is 18.6 Å². The molecule has 0 saturated heterocycles. The average molecular weight is 307 g/mol. The second-order valence-corrected chi connectivity index (χ2v) is 5.53. The third kappa shape index (κ3) is 2.65. The molecular weight excluding hydrogens is 290 g/mol. The lowest BCUT2D eigenvalue weighted by molar-refractivity contribution is 0.415. The highest BCUT2D eigenvalue weighted by atomic mass is 16.5. The summed E-state index contributed by atoms with van der Waals surface area (Å²) in [5.74, 6) is 1.98.